The molecule has 0 aliphatic carbocycles. The second-order valence-corrected chi connectivity index (χ2v) is 12.4. The predicted octanol–water partition coefficient (Wildman–Crippen LogP) is 2.40. The predicted molar refractivity (Wildman–Crippen MR) is 148 cm³/mol. The van der Waals surface area contributed by atoms with Crippen molar-refractivity contribution in [3.63, 3.8) is 0 Å². The molecule has 1 N–H and O–H groups in total. The Balaban J connectivity index is 1.35. The van der Waals surface area contributed by atoms with Crippen LogP contribution in [0.5, 0.6) is 0 Å². The van der Waals surface area contributed by atoms with E-state index in [1.54, 1.807) is 18.2 Å². The molecule has 3 heterocycles. The summed E-state index contributed by atoms with van der Waals surface area (Å²) in [6.07, 6.45) is 1.85. The summed E-state index contributed by atoms with van der Waals surface area (Å²) in [5, 5.41) is 3.53. The number of nitrogens with zero attached hydrogens (tertiary/aromatic N) is 3. The molecule has 2 aromatic carbocycles. The van der Waals surface area contributed by atoms with Crippen molar-refractivity contribution in [3.8, 4) is 0 Å². The van der Waals surface area contributed by atoms with Gasteiger partial charge in [0, 0.05) is 18.3 Å². The average molecular weight is 563 g/mol. The van der Waals surface area contributed by atoms with Crippen LogP contribution in [0.4, 0.5) is 0 Å². The number of carbonyl (C=O) groups is 4. The van der Waals surface area contributed by atoms with Gasteiger partial charge in [0.25, 0.3) is 15.9 Å². The molecule has 3 unspecified atom stereocenters. The molecule has 1 aromatic heterocycles. The zero-order chi connectivity index (χ0) is 28.6. The minimum Gasteiger partial charge on any atom is -0.340 e. The van der Waals surface area contributed by atoms with Crippen molar-refractivity contribution in [3.05, 3.63) is 78.1 Å². The second kappa shape index (κ2) is 10.9. The van der Waals surface area contributed by atoms with Crippen molar-refractivity contribution in [1.29, 1.82) is 0 Å². The van der Waals surface area contributed by atoms with E-state index < -0.39 is 57.4 Å². The van der Waals surface area contributed by atoms with Gasteiger partial charge in [0.2, 0.25) is 5.91 Å². The standard InChI is InChI=1S/C29H30N4O6S/c1-18(2)15-23(31-27(35)21-11-10-19-7-3-4-8-20(19)16-21)28(36)32-14-12-24-26(32)25(34)17-33(24)40(38,39)29(37)22-9-5-6-13-30-22/h3-11,13,16,18,23-24,26H,12,14-15,17H2,1-2H3,(H,31,35). The summed E-state index contributed by atoms with van der Waals surface area (Å²) in [6.45, 7) is 3.48. The van der Waals surface area contributed by atoms with Gasteiger partial charge in [0.05, 0.1) is 12.6 Å². The molecule has 40 heavy (non-hydrogen) atoms. The fourth-order valence-corrected chi connectivity index (χ4v) is 7.00. The molecule has 3 atom stereocenters. The van der Waals surface area contributed by atoms with E-state index in [4.69, 9.17) is 0 Å². The van der Waals surface area contributed by atoms with Crippen LogP contribution in [0.15, 0.2) is 66.9 Å². The maximum Gasteiger partial charge on any atom is 0.310 e. The lowest BCUT2D eigenvalue weighted by atomic mass is 10.0. The van der Waals surface area contributed by atoms with Crippen LogP contribution >= 0.6 is 0 Å². The van der Waals surface area contributed by atoms with Gasteiger partial charge in [0.15, 0.2) is 5.78 Å². The summed E-state index contributed by atoms with van der Waals surface area (Å²) in [4.78, 5) is 58.1. The van der Waals surface area contributed by atoms with Gasteiger partial charge in [-0.2, -0.15) is 4.31 Å². The highest BCUT2D eigenvalue weighted by atomic mass is 32.2. The topological polar surface area (TPSA) is 134 Å². The van der Waals surface area contributed by atoms with Crippen molar-refractivity contribution in [2.24, 2.45) is 5.92 Å². The highest BCUT2D eigenvalue weighted by Crippen LogP contribution is 2.33. The highest BCUT2D eigenvalue weighted by Gasteiger charge is 2.55. The molecule has 0 spiro atoms. The first kappa shape index (κ1) is 27.6. The number of pyridine rings is 1. The number of fused-ring (bicyclic) bond motifs is 2. The Labute approximate surface area is 232 Å². The van der Waals surface area contributed by atoms with E-state index >= 15 is 0 Å². The highest BCUT2D eigenvalue weighted by molar-refractivity contribution is 8.04. The molecule has 0 radical (unpaired) electrons. The monoisotopic (exact) mass is 562 g/mol. The van der Waals surface area contributed by atoms with E-state index in [0.29, 0.717) is 12.0 Å². The summed E-state index contributed by atoms with van der Waals surface area (Å²) < 4.78 is 27.3. The van der Waals surface area contributed by atoms with Gasteiger partial charge < -0.3 is 10.2 Å². The van der Waals surface area contributed by atoms with E-state index in [1.165, 1.54) is 23.2 Å². The van der Waals surface area contributed by atoms with Crippen LogP contribution in [0, 0.1) is 5.92 Å². The van der Waals surface area contributed by atoms with Gasteiger partial charge in [-0.25, -0.2) is 8.42 Å². The van der Waals surface area contributed by atoms with Crippen LogP contribution < -0.4 is 5.32 Å². The maximum atomic E-state index is 13.8. The number of sulfonamides is 1. The Morgan fingerprint density at radius 3 is 2.45 bits per heavy atom. The van der Waals surface area contributed by atoms with Crippen molar-refractivity contribution in [2.75, 3.05) is 13.1 Å². The number of ketones is 1. The molecule has 3 aromatic rings. The third kappa shape index (κ3) is 5.14. The van der Waals surface area contributed by atoms with Gasteiger partial charge in [-0.15, -0.1) is 0 Å². The largest absolute Gasteiger partial charge is 0.340 e. The van der Waals surface area contributed by atoms with Gasteiger partial charge in [0.1, 0.15) is 17.8 Å². The number of hydrogen-bond donors (Lipinski definition) is 1. The van der Waals surface area contributed by atoms with Crippen molar-refractivity contribution in [2.45, 2.75) is 44.8 Å². The molecule has 2 aliphatic rings. The Morgan fingerprint density at radius 1 is 1.02 bits per heavy atom. The van der Waals surface area contributed by atoms with E-state index in [2.05, 4.69) is 10.3 Å². The number of Topliss-reactive ketones (excluding diaryl/α,β-unsaturated/α-hetero) is 1. The Hall–Kier alpha value is -3.96. The Kier molecular flexibility index (Phi) is 7.52. The summed E-state index contributed by atoms with van der Waals surface area (Å²) in [6, 6.07) is 14.5. The molecule has 2 aliphatic heterocycles. The lowest BCUT2D eigenvalue weighted by Crippen LogP contribution is -2.53. The van der Waals surface area contributed by atoms with Crippen LogP contribution in [0.3, 0.4) is 0 Å². The smallest absolute Gasteiger partial charge is 0.310 e. The summed E-state index contributed by atoms with van der Waals surface area (Å²) in [5.74, 6) is -1.27. The molecule has 2 fully saturated rings. The lowest BCUT2D eigenvalue weighted by Gasteiger charge is -2.29. The molecule has 208 valence electrons. The van der Waals surface area contributed by atoms with E-state index in [9.17, 15) is 27.6 Å². The minimum atomic E-state index is -4.54. The Bertz CT molecular complexity index is 1590. The SMILES string of the molecule is CC(C)CC(NC(=O)c1ccc2ccccc2c1)C(=O)N1CCC2C1C(=O)CN2S(=O)(=O)C(=O)c1ccccn1. The van der Waals surface area contributed by atoms with E-state index in [-0.39, 0.29) is 24.6 Å². The fraction of sp³-hybridized carbons (Fsp3) is 0.345. The molecule has 5 rings (SSSR count). The Morgan fingerprint density at radius 2 is 1.75 bits per heavy atom. The van der Waals surface area contributed by atoms with Crippen molar-refractivity contribution >= 4 is 43.5 Å². The number of nitrogens with one attached hydrogen (secondary N) is 1. The molecule has 11 heteroatoms. The number of aromatic nitrogens is 1. The molecular weight excluding hydrogens is 532 g/mol. The van der Waals surface area contributed by atoms with E-state index in [1.807, 2.05) is 44.2 Å². The minimum absolute atomic E-state index is 0.0522. The fourth-order valence-electron chi connectivity index (χ4n) is 5.53. The van der Waals surface area contributed by atoms with Crippen LogP contribution in [-0.2, 0) is 19.6 Å². The van der Waals surface area contributed by atoms with Gasteiger partial charge in [-0.1, -0.05) is 50.2 Å². The molecular formula is C29H30N4O6S. The zero-order valence-corrected chi connectivity index (χ0v) is 23.0. The van der Waals surface area contributed by atoms with Crippen LogP contribution in [0.25, 0.3) is 10.8 Å². The van der Waals surface area contributed by atoms with Gasteiger partial charge >= 0.3 is 5.12 Å². The molecule has 0 bridgehead atoms. The summed E-state index contributed by atoms with van der Waals surface area (Å²) >= 11 is 0. The average Bonchev–Trinajstić information content (AvgIpc) is 3.53. The third-order valence-corrected chi connectivity index (χ3v) is 9.09. The van der Waals surface area contributed by atoms with Crippen LogP contribution in [0.1, 0.15) is 47.5 Å². The quantitative estimate of drug-likeness (QED) is 0.467. The first-order valence-corrected chi connectivity index (χ1v) is 14.6. The summed E-state index contributed by atoms with van der Waals surface area (Å²) in [7, 11) is -4.54. The number of amides is 2. The van der Waals surface area contributed by atoms with Crippen LogP contribution in [0.2, 0.25) is 0 Å². The number of likely N-dealkylation sites (tertiary alicyclic amines) is 1. The molecule has 2 amide bonds. The first-order chi connectivity index (χ1) is 19.1. The summed E-state index contributed by atoms with van der Waals surface area (Å²) in [5.41, 5.74) is 0.166. The number of benzene rings is 2. The number of rotatable bonds is 7. The van der Waals surface area contributed by atoms with Crippen LogP contribution in [-0.4, -0.2) is 76.5 Å². The molecule has 2 saturated heterocycles. The number of hydrogen-bond acceptors (Lipinski definition) is 7. The first-order valence-electron chi connectivity index (χ1n) is 13.2. The van der Waals surface area contributed by atoms with Gasteiger partial charge in [-0.3, -0.25) is 24.2 Å². The maximum absolute atomic E-state index is 13.8. The lowest BCUT2D eigenvalue weighted by molar-refractivity contribution is -0.138. The zero-order valence-electron chi connectivity index (χ0n) is 22.2. The van der Waals surface area contributed by atoms with Crippen molar-refractivity contribution in [1.82, 2.24) is 19.5 Å². The molecule has 0 saturated carbocycles. The third-order valence-electron chi connectivity index (χ3n) is 7.40. The second-order valence-electron chi connectivity index (χ2n) is 10.6. The van der Waals surface area contributed by atoms with E-state index in [0.717, 1.165) is 15.1 Å². The van der Waals surface area contributed by atoms with Crippen molar-refractivity contribution < 1.29 is 27.6 Å². The number of carbonyl (C=O) groups excluding carboxylic acids is 4. The van der Waals surface area contributed by atoms with Gasteiger partial charge in [-0.05, 0) is 53.8 Å². The normalized spacial score (nSPS) is 20.1. The molecule has 10 nitrogen and oxygen atoms in total.